The molecule has 0 spiro atoms. The van der Waals surface area contributed by atoms with Crippen molar-refractivity contribution in [3.05, 3.63) is 0 Å². The highest BCUT2D eigenvalue weighted by Gasteiger charge is 1.93. The van der Waals surface area contributed by atoms with Gasteiger partial charge in [-0.2, -0.15) is 4.70 Å². The molecule has 0 amide bonds. The van der Waals surface area contributed by atoms with Gasteiger partial charge in [0.15, 0.2) is 0 Å². The Kier molecular flexibility index (Phi) is 14.7. The topological polar surface area (TPSA) is 48.5 Å². The zero-order chi connectivity index (χ0) is 6.24. The van der Waals surface area contributed by atoms with Gasteiger partial charge in [-0.1, -0.05) is 0 Å². The van der Waals surface area contributed by atoms with Crippen molar-refractivity contribution < 1.29 is 0 Å². The van der Waals surface area contributed by atoms with Gasteiger partial charge < -0.3 is 36.3 Å². The van der Waals surface area contributed by atoms with Crippen molar-refractivity contribution in [1.29, 1.82) is 0 Å². The molecular weight excluding hydrogens is 152 g/mol. The highest BCUT2D eigenvalue weighted by molar-refractivity contribution is 7.97. The van der Waals surface area contributed by atoms with Crippen molar-refractivity contribution in [3.63, 3.8) is 0 Å². The third-order valence-electron chi connectivity index (χ3n) is 0.957. The molecule has 56 valence electrons. The van der Waals surface area contributed by atoms with Crippen LogP contribution in [0.1, 0.15) is 12.8 Å². The molecule has 0 aromatic carbocycles. The van der Waals surface area contributed by atoms with E-state index < -0.39 is 0 Å². The minimum Gasteiger partial charge on any atom is -0.436 e. The normalized spacial score (nSPS) is 14.7. The van der Waals surface area contributed by atoms with Crippen LogP contribution in [-0.2, 0) is 12.6 Å². The molecule has 0 aliphatic carbocycles. The van der Waals surface area contributed by atoms with E-state index >= 15 is 0 Å². The van der Waals surface area contributed by atoms with Gasteiger partial charge in [0.2, 0.25) is 0 Å². The van der Waals surface area contributed by atoms with Crippen molar-refractivity contribution in [3.8, 4) is 0 Å². The summed E-state index contributed by atoms with van der Waals surface area (Å²) in [6.07, 6.45) is 2.78. The molecule has 0 bridgehead atoms. The van der Waals surface area contributed by atoms with Gasteiger partial charge in [-0.05, 0) is 25.9 Å². The van der Waals surface area contributed by atoms with Gasteiger partial charge in [-0.3, -0.25) is 0 Å². The SMILES string of the molecule is C1CCNC1.S=C[S-].[NH4+]. The van der Waals surface area contributed by atoms with E-state index in [1.807, 2.05) is 0 Å². The summed E-state index contributed by atoms with van der Waals surface area (Å²) < 4.78 is 1.17. The highest BCUT2D eigenvalue weighted by atomic mass is 32.1. The fraction of sp³-hybridized carbons (Fsp3) is 0.800. The fourth-order valence-corrected chi connectivity index (χ4v) is 0.625. The van der Waals surface area contributed by atoms with Crippen LogP contribution >= 0.6 is 12.2 Å². The molecule has 1 fully saturated rings. The lowest BCUT2D eigenvalue weighted by Crippen LogP contribution is -2.03. The quantitative estimate of drug-likeness (QED) is 0.420. The third-order valence-corrected chi connectivity index (χ3v) is 0.957. The molecule has 0 saturated carbocycles. The van der Waals surface area contributed by atoms with Crippen molar-refractivity contribution in [2.75, 3.05) is 13.1 Å². The Morgan fingerprint density at radius 1 is 1.33 bits per heavy atom. The standard InChI is InChI=1S/C4H9N.CH2S2.H3N/c1-2-4-5-3-1;2-1-3;/h5H,1-4H2;1H,(H,2,3);1H3. The molecule has 0 aromatic rings. The molecule has 1 aliphatic rings. The average Bonchev–Trinajstić information content (AvgIpc) is 2.17. The number of hydrogen-bond donors (Lipinski definition) is 2. The van der Waals surface area contributed by atoms with Crippen LogP contribution < -0.4 is 11.5 Å². The molecule has 0 aromatic heterocycles. The maximum Gasteiger partial charge on any atom is -0.00484 e. The third kappa shape index (κ3) is 11.7. The Bertz CT molecular complexity index is 47.3. The van der Waals surface area contributed by atoms with Crippen molar-refractivity contribution in [2.45, 2.75) is 12.8 Å². The first kappa shape index (κ1) is 12.0. The van der Waals surface area contributed by atoms with Gasteiger partial charge in [0.25, 0.3) is 0 Å². The first-order valence-electron chi connectivity index (χ1n) is 2.68. The lowest BCUT2D eigenvalue weighted by Gasteiger charge is -1.76. The summed E-state index contributed by atoms with van der Waals surface area (Å²) in [5.41, 5.74) is 0. The van der Waals surface area contributed by atoms with Gasteiger partial charge >= 0.3 is 0 Å². The van der Waals surface area contributed by atoms with Crippen LogP contribution in [0.15, 0.2) is 0 Å². The number of quaternary nitrogens is 1. The molecular formula is C5H14N2S2. The van der Waals surface area contributed by atoms with E-state index in [9.17, 15) is 0 Å². The van der Waals surface area contributed by atoms with Gasteiger partial charge in [-0.25, -0.2) is 0 Å². The van der Waals surface area contributed by atoms with Crippen LogP contribution in [0, 0.1) is 0 Å². The summed E-state index contributed by atoms with van der Waals surface area (Å²) in [7, 11) is 0. The molecule has 5 N–H and O–H groups in total. The Morgan fingerprint density at radius 3 is 1.78 bits per heavy atom. The minimum absolute atomic E-state index is 0. The maximum absolute atomic E-state index is 4.08. The van der Waals surface area contributed by atoms with E-state index in [0.29, 0.717) is 0 Å². The second-order valence-electron chi connectivity index (χ2n) is 1.55. The zero-order valence-electron chi connectivity index (χ0n) is 5.72. The Labute approximate surface area is 67.4 Å². The number of rotatable bonds is 0. The lowest BCUT2D eigenvalue weighted by molar-refractivity contribution is 0.857. The molecule has 0 unspecified atom stereocenters. The minimum atomic E-state index is 0. The second kappa shape index (κ2) is 11.1. The zero-order valence-corrected chi connectivity index (χ0v) is 7.36. The monoisotopic (exact) mass is 166 g/mol. The van der Waals surface area contributed by atoms with Gasteiger partial charge in [0, 0.05) is 0 Å². The van der Waals surface area contributed by atoms with Crippen LogP contribution in [0.3, 0.4) is 0 Å². The molecule has 1 heterocycles. The van der Waals surface area contributed by atoms with Crippen LogP contribution in [0.25, 0.3) is 0 Å². The lowest BCUT2D eigenvalue weighted by atomic mass is 10.4. The Morgan fingerprint density at radius 2 is 1.67 bits per heavy atom. The van der Waals surface area contributed by atoms with Crippen LogP contribution in [0.5, 0.6) is 0 Å². The summed E-state index contributed by atoms with van der Waals surface area (Å²) in [4.78, 5) is 0. The predicted octanol–water partition coefficient (Wildman–Crippen LogP) is 1.24. The van der Waals surface area contributed by atoms with Crippen LogP contribution in [0.2, 0.25) is 0 Å². The summed E-state index contributed by atoms with van der Waals surface area (Å²) in [6.45, 7) is 2.50. The molecule has 0 radical (unpaired) electrons. The van der Waals surface area contributed by atoms with Crippen LogP contribution in [0.4, 0.5) is 0 Å². The first-order chi connectivity index (χ1) is 3.91. The number of nitrogens with one attached hydrogen (secondary N) is 1. The number of hydrogen-bond acceptors (Lipinski definition) is 3. The summed E-state index contributed by atoms with van der Waals surface area (Å²) in [6, 6.07) is 0. The van der Waals surface area contributed by atoms with E-state index in [4.69, 9.17) is 0 Å². The summed E-state index contributed by atoms with van der Waals surface area (Å²) in [5.74, 6) is 0. The molecule has 2 nitrogen and oxygen atoms in total. The predicted molar refractivity (Wildman–Crippen MR) is 49.1 cm³/mol. The smallest absolute Gasteiger partial charge is 0.00484 e. The van der Waals surface area contributed by atoms with Crippen molar-refractivity contribution in [1.82, 2.24) is 11.5 Å². The van der Waals surface area contributed by atoms with Gasteiger partial charge in [0.1, 0.15) is 0 Å². The Hall–Kier alpha value is 0.230. The van der Waals surface area contributed by atoms with E-state index in [1.165, 1.54) is 30.6 Å². The number of thiocarbonyl (C=S) groups is 1. The van der Waals surface area contributed by atoms with Gasteiger partial charge in [0.05, 0.1) is 0 Å². The van der Waals surface area contributed by atoms with Crippen LogP contribution in [-0.4, -0.2) is 17.8 Å². The Balaban J connectivity index is 0. The van der Waals surface area contributed by atoms with E-state index in [2.05, 4.69) is 30.2 Å². The van der Waals surface area contributed by atoms with Gasteiger partial charge in [-0.15, -0.1) is 0 Å². The maximum atomic E-state index is 4.08. The van der Waals surface area contributed by atoms with Crippen molar-refractivity contribution >= 4 is 29.5 Å². The highest BCUT2D eigenvalue weighted by Crippen LogP contribution is 1.90. The molecule has 1 rings (SSSR count). The largest absolute Gasteiger partial charge is 0.436 e. The summed E-state index contributed by atoms with van der Waals surface area (Å²) >= 11 is 8.17. The molecule has 1 saturated heterocycles. The van der Waals surface area contributed by atoms with E-state index in [1.54, 1.807) is 0 Å². The molecule has 9 heavy (non-hydrogen) atoms. The molecule has 4 heteroatoms. The van der Waals surface area contributed by atoms with Crippen molar-refractivity contribution in [2.24, 2.45) is 0 Å². The average molecular weight is 166 g/mol. The molecule has 1 aliphatic heterocycles. The second-order valence-corrected chi connectivity index (χ2v) is 2.32. The fourth-order valence-electron chi connectivity index (χ4n) is 0.625. The van der Waals surface area contributed by atoms with E-state index in [-0.39, 0.29) is 6.15 Å². The molecule has 0 atom stereocenters. The first-order valence-corrected chi connectivity index (χ1v) is 3.62. The summed E-state index contributed by atoms with van der Waals surface area (Å²) in [5, 5.41) is 3.22. The van der Waals surface area contributed by atoms with E-state index in [0.717, 1.165) is 0 Å².